The van der Waals surface area contributed by atoms with Crippen molar-refractivity contribution in [1.82, 2.24) is 9.78 Å². The van der Waals surface area contributed by atoms with Crippen LogP contribution in [0.4, 0.5) is 4.39 Å². The highest BCUT2D eigenvalue weighted by molar-refractivity contribution is 7.71. The fourth-order valence-electron chi connectivity index (χ4n) is 2.81. The van der Waals surface area contributed by atoms with Gasteiger partial charge < -0.3 is 14.1 Å². The molecule has 0 saturated heterocycles. The van der Waals surface area contributed by atoms with E-state index >= 15 is 0 Å². The normalized spacial score (nSPS) is 13.3. The van der Waals surface area contributed by atoms with E-state index in [0.29, 0.717) is 12.6 Å². The zero-order chi connectivity index (χ0) is 19.4. The van der Waals surface area contributed by atoms with Crippen LogP contribution in [-0.2, 0) is 13.2 Å². The Balaban J connectivity index is 1.68. The zero-order valence-corrected chi connectivity index (χ0v) is 16.4. The first kappa shape index (κ1) is 19.3. The lowest BCUT2D eigenvalue weighted by molar-refractivity contribution is -0.917. The average Bonchev–Trinajstić information content (AvgIpc) is 2.99. The third-order valence-electron chi connectivity index (χ3n) is 4.28. The van der Waals surface area contributed by atoms with Crippen molar-refractivity contribution in [2.75, 3.05) is 7.05 Å². The number of aryl methyl sites for hydroxylation is 1. The second kappa shape index (κ2) is 8.45. The van der Waals surface area contributed by atoms with E-state index in [1.807, 2.05) is 12.1 Å². The first-order chi connectivity index (χ1) is 12.9. The molecule has 1 heterocycles. The zero-order valence-electron chi connectivity index (χ0n) is 15.6. The molecule has 7 heteroatoms. The molecule has 0 aliphatic rings. The topological polar surface area (TPSA) is 44.6 Å². The predicted molar refractivity (Wildman–Crippen MR) is 103 cm³/mol. The van der Waals surface area contributed by atoms with Crippen molar-refractivity contribution in [2.24, 2.45) is 0 Å². The number of aromatic nitrogens is 2. The molecule has 27 heavy (non-hydrogen) atoms. The summed E-state index contributed by atoms with van der Waals surface area (Å²) in [5.41, 5.74) is 2.54. The third kappa shape index (κ3) is 4.81. The molecule has 1 N–H and O–H groups in total. The maximum atomic E-state index is 13.8. The van der Waals surface area contributed by atoms with Crippen molar-refractivity contribution in [3.05, 3.63) is 76.2 Å². The number of halogens is 1. The molecule has 0 amide bonds. The Morgan fingerprint density at radius 2 is 1.93 bits per heavy atom. The van der Waals surface area contributed by atoms with Crippen molar-refractivity contribution in [2.45, 2.75) is 33.2 Å². The van der Waals surface area contributed by atoms with E-state index in [0.717, 1.165) is 6.54 Å². The summed E-state index contributed by atoms with van der Waals surface area (Å²) in [5.74, 6) is 0.0553. The van der Waals surface area contributed by atoms with Crippen molar-refractivity contribution in [3.63, 3.8) is 0 Å². The predicted octanol–water partition coefficient (Wildman–Crippen LogP) is 3.47. The summed E-state index contributed by atoms with van der Waals surface area (Å²) < 4.78 is 26.6. The molecule has 142 valence electrons. The lowest BCUT2D eigenvalue weighted by Gasteiger charge is -2.15. The SMILES string of the molecule is Cc1ccccc1C[NH+](C)Cn1nc([C@H](C)Oc2ccccc2F)oc1=S. The molecular weight excluding hydrogens is 365 g/mol. The van der Waals surface area contributed by atoms with Crippen LogP contribution in [0.5, 0.6) is 5.75 Å². The number of quaternary nitrogens is 1. The number of ether oxygens (including phenoxy) is 1. The Kier molecular flexibility index (Phi) is 6.03. The van der Waals surface area contributed by atoms with Gasteiger partial charge in [-0.3, -0.25) is 0 Å². The van der Waals surface area contributed by atoms with E-state index < -0.39 is 11.9 Å². The van der Waals surface area contributed by atoms with Gasteiger partial charge in [0.1, 0.15) is 6.54 Å². The van der Waals surface area contributed by atoms with Gasteiger partial charge in [0.05, 0.1) is 7.05 Å². The number of nitrogens with one attached hydrogen (secondary N) is 1. The van der Waals surface area contributed by atoms with E-state index in [1.54, 1.807) is 29.8 Å². The van der Waals surface area contributed by atoms with Crippen molar-refractivity contribution >= 4 is 12.2 Å². The van der Waals surface area contributed by atoms with Crippen LogP contribution in [0.3, 0.4) is 0 Å². The standard InChI is InChI=1S/C20H22FN3O2S/c1-14-8-4-5-9-16(14)12-23(3)13-24-20(27)26-19(22-24)15(2)25-18-11-7-6-10-17(18)21/h4-11,15H,12-13H2,1-3H3/p+1/t15-/m0/s1. The number of para-hydroxylation sites is 1. The molecule has 0 aliphatic heterocycles. The van der Waals surface area contributed by atoms with Crippen LogP contribution < -0.4 is 9.64 Å². The first-order valence-corrected chi connectivity index (χ1v) is 9.19. The van der Waals surface area contributed by atoms with Crippen LogP contribution in [-0.4, -0.2) is 16.8 Å². The minimum absolute atomic E-state index is 0.156. The van der Waals surface area contributed by atoms with Gasteiger partial charge in [0.2, 0.25) is 0 Å². The van der Waals surface area contributed by atoms with Crippen LogP contribution in [0.15, 0.2) is 52.9 Å². The monoisotopic (exact) mass is 388 g/mol. The van der Waals surface area contributed by atoms with Gasteiger partial charge in [0, 0.05) is 5.56 Å². The highest BCUT2D eigenvalue weighted by atomic mass is 32.1. The van der Waals surface area contributed by atoms with Crippen LogP contribution in [0.1, 0.15) is 30.0 Å². The van der Waals surface area contributed by atoms with Crippen LogP contribution >= 0.6 is 12.2 Å². The van der Waals surface area contributed by atoms with Gasteiger partial charge in [-0.25, -0.2) is 4.39 Å². The minimum Gasteiger partial charge on any atom is -0.478 e. The maximum Gasteiger partial charge on any atom is 0.292 e. The number of rotatable bonds is 7. The molecule has 5 nitrogen and oxygen atoms in total. The molecule has 3 aromatic rings. The summed E-state index contributed by atoms with van der Waals surface area (Å²) in [5, 5.41) is 4.42. The molecule has 1 aromatic heterocycles. The molecule has 0 aliphatic carbocycles. The van der Waals surface area contributed by atoms with Gasteiger partial charge in [-0.1, -0.05) is 36.4 Å². The Morgan fingerprint density at radius 3 is 2.67 bits per heavy atom. The molecule has 0 saturated carbocycles. The lowest BCUT2D eigenvalue weighted by atomic mass is 10.1. The molecule has 1 unspecified atom stereocenters. The highest BCUT2D eigenvalue weighted by Gasteiger charge is 2.18. The number of nitrogens with zero attached hydrogens (tertiary/aromatic N) is 2. The van der Waals surface area contributed by atoms with Crippen molar-refractivity contribution < 1.29 is 18.4 Å². The number of hydrogen-bond donors (Lipinski definition) is 1. The summed E-state index contributed by atoms with van der Waals surface area (Å²) in [6.45, 7) is 5.26. The van der Waals surface area contributed by atoms with Crippen LogP contribution in [0.25, 0.3) is 0 Å². The Hall–Kier alpha value is -2.51. The van der Waals surface area contributed by atoms with E-state index in [4.69, 9.17) is 21.4 Å². The molecule has 0 radical (unpaired) electrons. The molecule has 0 fully saturated rings. The van der Waals surface area contributed by atoms with Gasteiger partial charge in [0.15, 0.2) is 24.3 Å². The van der Waals surface area contributed by atoms with E-state index in [-0.39, 0.29) is 10.6 Å². The second-order valence-corrected chi connectivity index (χ2v) is 6.96. The van der Waals surface area contributed by atoms with E-state index in [9.17, 15) is 4.39 Å². The fraction of sp³-hybridized carbons (Fsp3) is 0.300. The summed E-state index contributed by atoms with van der Waals surface area (Å²) in [6, 6.07) is 14.5. The van der Waals surface area contributed by atoms with Gasteiger partial charge in [-0.05, 0) is 43.8 Å². The molecular formula is C20H23FN3O2S+. The molecule has 3 rings (SSSR count). The Bertz CT molecular complexity index is 970. The third-order valence-corrected chi connectivity index (χ3v) is 4.58. The quantitative estimate of drug-likeness (QED) is 0.630. The van der Waals surface area contributed by atoms with Crippen molar-refractivity contribution in [3.8, 4) is 5.75 Å². The first-order valence-electron chi connectivity index (χ1n) is 8.79. The van der Waals surface area contributed by atoms with E-state index in [1.165, 1.54) is 22.1 Å². The average molecular weight is 388 g/mol. The van der Waals surface area contributed by atoms with Gasteiger partial charge in [-0.15, -0.1) is 5.10 Å². The fourth-order valence-corrected chi connectivity index (χ4v) is 3.00. The summed E-state index contributed by atoms with van der Waals surface area (Å²) in [7, 11) is 2.07. The minimum atomic E-state index is -0.554. The van der Waals surface area contributed by atoms with Gasteiger partial charge >= 0.3 is 0 Å². The number of hydrogen-bond acceptors (Lipinski definition) is 4. The smallest absolute Gasteiger partial charge is 0.292 e. The Morgan fingerprint density at radius 1 is 1.22 bits per heavy atom. The molecule has 0 spiro atoms. The summed E-state index contributed by atoms with van der Waals surface area (Å²) >= 11 is 5.28. The van der Waals surface area contributed by atoms with Gasteiger partial charge in [-0.2, -0.15) is 4.68 Å². The van der Waals surface area contributed by atoms with Gasteiger partial charge in [0.25, 0.3) is 10.7 Å². The molecule has 0 bridgehead atoms. The lowest BCUT2D eigenvalue weighted by Crippen LogP contribution is -3.07. The highest BCUT2D eigenvalue weighted by Crippen LogP contribution is 2.23. The van der Waals surface area contributed by atoms with Crippen LogP contribution in [0, 0.1) is 17.6 Å². The Labute approximate surface area is 163 Å². The number of benzene rings is 2. The van der Waals surface area contributed by atoms with Crippen molar-refractivity contribution in [1.29, 1.82) is 0 Å². The molecule has 2 atom stereocenters. The second-order valence-electron chi connectivity index (χ2n) is 6.61. The largest absolute Gasteiger partial charge is 0.478 e. The maximum absolute atomic E-state index is 13.8. The molecule has 2 aromatic carbocycles. The summed E-state index contributed by atoms with van der Waals surface area (Å²) in [4.78, 5) is 1.49. The van der Waals surface area contributed by atoms with Crippen LogP contribution in [0.2, 0.25) is 0 Å². The van der Waals surface area contributed by atoms with E-state index in [2.05, 4.69) is 31.2 Å². The summed E-state index contributed by atoms with van der Waals surface area (Å²) in [6.07, 6.45) is -0.554.